The first-order valence-corrected chi connectivity index (χ1v) is 20.4. The van der Waals surface area contributed by atoms with E-state index in [-0.39, 0.29) is 34.5 Å². The number of carbonyl (C=O) groups excluding carboxylic acids is 1. The number of fused-ring (bicyclic) bond motifs is 1. The highest BCUT2D eigenvalue weighted by atomic mass is 32.2. The predicted molar refractivity (Wildman–Crippen MR) is 249 cm³/mol. The first kappa shape index (κ1) is 44.6. The predicted octanol–water partition coefficient (Wildman–Crippen LogP) is -3.62. The molecule has 1 heterocycles. The molecule has 21 heteroatoms. The van der Waals surface area contributed by atoms with E-state index in [4.69, 9.17) is 0 Å². The van der Waals surface area contributed by atoms with Crippen molar-refractivity contribution in [1.82, 2.24) is 19.4 Å². The Kier molecular flexibility index (Phi) is 12.5. The summed E-state index contributed by atoms with van der Waals surface area (Å²) in [5.41, 5.74) is 3.09. The minimum absolute atomic E-state index is 0.151. The second kappa shape index (κ2) is 15.9. The number of alkyl halides is 3. The van der Waals surface area contributed by atoms with E-state index in [0.717, 1.165) is 29.8 Å². The lowest BCUT2D eigenvalue weighted by atomic mass is 9.33. The van der Waals surface area contributed by atoms with Gasteiger partial charge in [-0.2, -0.15) is 18.2 Å². The van der Waals surface area contributed by atoms with Crippen LogP contribution < -0.4 is 5.56 Å². The molecule has 0 unspecified atom stereocenters. The summed E-state index contributed by atoms with van der Waals surface area (Å²) in [6, 6.07) is 21.1. The number of halogens is 4. The van der Waals surface area contributed by atoms with E-state index < -0.39 is 27.8 Å². The van der Waals surface area contributed by atoms with Crippen molar-refractivity contribution in [3.8, 4) is 11.1 Å². The third kappa shape index (κ3) is 9.22. The molecule has 0 fully saturated rings. The average molecular weight is 783 g/mol. The van der Waals surface area contributed by atoms with Gasteiger partial charge in [0, 0.05) is 28.1 Å². The molecule has 0 N–H and O–H groups in total. The van der Waals surface area contributed by atoms with Crippen LogP contribution in [0.1, 0.15) is 48.2 Å². The lowest BCUT2D eigenvalue weighted by molar-refractivity contribution is -0.138. The van der Waals surface area contributed by atoms with Crippen LogP contribution in [0.4, 0.5) is 17.6 Å². The standard InChI is InChI=1S/C36H46B10F4N4O2S/c1-31(37,38)54(32(2,39)40)36(45,46)35(43,44)52(18-20-6-10-22(11-7-20)23-12-14-24(15-13-23)34(48,49)50)29(56)33(41,42)53-27-5-3-4-26(27)28(55)51-30(53)57-19-21-8-16-25(47)17-9-21/h6,8-10,12-17H,3-5,18-19,37-46H2,1-2H3. The van der Waals surface area contributed by atoms with E-state index in [2.05, 4.69) is 98.6 Å². The number of hydrogen-bond acceptors (Lipinski definition) is 5. The zero-order valence-corrected chi connectivity index (χ0v) is 36.2. The molecule has 0 aliphatic heterocycles. The number of nitrogens with zero attached hydrogens (tertiary/aromatic N) is 4. The van der Waals surface area contributed by atoms with Crippen molar-refractivity contribution in [2.45, 2.75) is 83.4 Å². The van der Waals surface area contributed by atoms with Gasteiger partial charge in [0.1, 0.15) is 84.3 Å². The monoisotopic (exact) mass is 784 g/mol. The Balaban J connectivity index is 1.62. The molecule has 286 valence electrons. The number of amides is 1. The van der Waals surface area contributed by atoms with Gasteiger partial charge in [0.25, 0.3) is 5.56 Å². The number of aromatic nitrogens is 2. The number of carbonyl (C=O) groups is 1. The Hall–Kier alpha value is -3.49. The van der Waals surface area contributed by atoms with E-state index in [9.17, 15) is 22.4 Å². The fraction of sp³-hybridized carbons (Fsp3) is 0.361. The van der Waals surface area contributed by atoms with Crippen molar-refractivity contribution in [3.05, 3.63) is 117 Å². The maximum absolute atomic E-state index is 15.7. The zero-order valence-electron chi connectivity index (χ0n) is 35.3. The fourth-order valence-electron chi connectivity index (χ4n) is 8.85. The van der Waals surface area contributed by atoms with Crippen LogP contribution in [0.3, 0.4) is 0 Å². The van der Waals surface area contributed by atoms with Crippen LogP contribution in [0.2, 0.25) is 0 Å². The summed E-state index contributed by atoms with van der Waals surface area (Å²) in [6.45, 7) is 4.50. The topological polar surface area (TPSA) is 58.4 Å². The Morgan fingerprint density at radius 3 is 1.95 bits per heavy atom. The minimum atomic E-state index is -4.44. The fourth-order valence-corrected chi connectivity index (χ4v) is 9.95. The molecule has 1 aromatic heterocycles. The summed E-state index contributed by atoms with van der Waals surface area (Å²) >= 11 is 1.35. The number of benzene rings is 2. The zero-order chi connectivity index (χ0) is 42.5. The number of rotatable bonds is 13. The molecule has 57 heavy (non-hydrogen) atoms. The summed E-state index contributed by atoms with van der Waals surface area (Å²) in [5, 5.41) is -2.90. The molecule has 3 aromatic carbocycles. The second-order valence-corrected chi connectivity index (χ2v) is 19.5. The van der Waals surface area contributed by atoms with Gasteiger partial charge in [-0.3, -0.25) is 9.59 Å². The molecule has 0 spiro atoms. The summed E-state index contributed by atoms with van der Waals surface area (Å²) in [6.07, 6.45) is -2.46. The molecule has 0 saturated carbocycles. The van der Waals surface area contributed by atoms with Gasteiger partial charge in [-0.15, -0.1) is 0 Å². The van der Waals surface area contributed by atoms with Crippen molar-refractivity contribution < 1.29 is 22.4 Å². The molecule has 1 aliphatic rings. The van der Waals surface area contributed by atoms with E-state index in [1.165, 1.54) is 36.0 Å². The number of hydrogen-bond donors (Lipinski definition) is 0. The van der Waals surface area contributed by atoms with Crippen molar-refractivity contribution >= 4 is 96.1 Å². The van der Waals surface area contributed by atoms with Crippen LogP contribution in [-0.4, -0.2) is 125 Å². The van der Waals surface area contributed by atoms with Crippen molar-refractivity contribution in [2.75, 3.05) is 0 Å². The molecule has 4 aromatic rings. The molecule has 0 bridgehead atoms. The molecule has 6 nitrogen and oxygen atoms in total. The molecule has 0 saturated heterocycles. The molecule has 1 amide bonds. The van der Waals surface area contributed by atoms with Gasteiger partial charge in [-0.25, -0.2) is 4.39 Å². The summed E-state index contributed by atoms with van der Waals surface area (Å²) in [7, 11) is 21.0. The molecular formula is C36H46B10F4N4O2S. The van der Waals surface area contributed by atoms with Gasteiger partial charge in [0.15, 0.2) is 5.16 Å². The third-order valence-corrected chi connectivity index (χ3v) is 12.5. The highest BCUT2D eigenvalue weighted by Crippen LogP contribution is 2.37. The average Bonchev–Trinajstić information content (AvgIpc) is 3.59. The van der Waals surface area contributed by atoms with Gasteiger partial charge < -0.3 is 14.4 Å². The van der Waals surface area contributed by atoms with E-state index >= 15 is 4.79 Å². The van der Waals surface area contributed by atoms with Crippen LogP contribution in [0.25, 0.3) is 11.1 Å². The van der Waals surface area contributed by atoms with Gasteiger partial charge in [-0.05, 0) is 88.1 Å². The van der Waals surface area contributed by atoms with Gasteiger partial charge in [-0.1, -0.05) is 62.0 Å². The lowest BCUT2D eigenvalue weighted by Crippen LogP contribution is -2.82. The maximum atomic E-state index is 15.7. The smallest absolute Gasteiger partial charge is 0.347 e. The van der Waals surface area contributed by atoms with Crippen molar-refractivity contribution in [3.63, 3.8) is 0 Å². The van der Waals surface area contributed by atoms with Crippen LogP contribution in [0.15, 0.2) is 70.6 Å². The van der Waals surface area contributed by atoms with Crippen LogP contribution in [0, 0.1) is 17.9 Å². The largest absolute Gasteiger partial charge is 0.416 e. The quantitative estimate of drug-likeness (QED) is 0.0608. The van der Waals surface area contributed by atoms with Crippen molar-refractivity contribution in [1.29, 1.82) is 0 Å². The summed E-state index contributed by atoms with van der Waals surface area (Å²) < 4.78 is 55.5. The number of thioether (sulfide) groups is 1. The highest BCUT2D eigenvalue weighted by Gasteiger charge is 2.53. The SMILES string of the molecule is BC(B)(C)N(C(B)(B)C)C(B)(B)C(B)(B)N(Cc1c#cc(-c2ccc(C(F)(F)F)cc2)cc1)C(=O)C(B)(B)n1c(SCc2ccc(F)cc2)nc(=O)c2c1CCC2. The lowest BCUT2D eigenvalue weighted by Gasteiger charge is -2.64. The molecule has 1 aliphatic carbocycles. The van der Waals surface area contributed by atoms with E-state index in [1.54, 1.807) is 18.2 Å². The minimum Gasteiger partial charge on any atom is -0.347 e. The van der Waals surface area contributed by atoms with Crippen LogP contribution in [-0.2, 0) is 41.4 Å². The van der Waals surface area contributed by atoms with Crippen LogP contribution in [0.5, 0.6) is 0 Å². The Bertz CT molecular complexity index is 2150. The van der Waals surface area contributed by atoms with Crippen LogP contribution >= 0.6 is 11.8 Å². The first-order chi connectivity index (χ1) is 26.2. The Morgan fingerprint density at radius 1 is 0.825 bits per heavy atom. The highest BCUT2D eigenvalue weighted by molar-refractivity contribution is 7.98. The van der Waals surface area contributed by atoms with Gasteiger partial charge in [0.05, 0.1) is 17.4 Å². The van der Waals surface area contributed by atoms with Gasteiger partial charge in [0.2, 0.25) is 5.91 Å². The normalized spacial score (nSPS) is 13.9. The summed E-state index contributed by atoms with van der Waals surface area (Å²) in [5.74, 6) is -0.110. The third-order valence-electron chi connectivity index (χ3n) is 11.4. The van der Waals surface area contributed by atoms with E-state index in [0.29, 0.717) is 46.0 Å². The molecule has 0 radical (unpaired) electrons. The Morgan fingerprint density at radius 2 is 1.42 bits per heavy atom. The molecular weight excluding hydrogens is 737 g/mol. The molecule has 0 atom stereocenters. The first-order valence-electron chi connectivity index (χ1n) is 19.4. The van der Waals surface area contributed by atoms with E-state index in [1.807, 2.05) is 31.2 Å². The second-order valence-electron chi connectivity index (χ2n) is 18.6. The molecule has 5 rings (SSSR count). The summed E-state index contributed by atoms with van der Waals surface area (Å²) in [4.78, 5) is 38.1. The Labute approximate surface area is 348 Å². The van der Waals surface area contributed by atoms with Crippen molar-refractivity contribution in [2.24, 2.45) is 0 Å². The maximum Gasteiger partial charge on any atom is 0.416 e. The van der Waals surface area contributed by atoms with Gasteiger partial charge >= 0.3 is 6.18 Å².